The summed E-state index contributed by atoms with van der Waals surface area (Å²) in [5.74, 6) is -1.28. The van der Waals surface area contributed by atoms with Gasteiger partial charge in [0.15, 0.2) is 0 Å². The molecule has 0 aromatic heterocycles. The molecule has 0 spiro atoms. The minimum absolute atomic E-state index is 0.0572. The van der Waals surface area contributed by atoms with Gasteiger partial charge in [0.2, 0.25) is 5.91 Å². The lowest BCUT2D eigenvalue weighted by Gasteiger charge is -2.09. The number of hydrogen-bond donors (Lipinski definition) is 1. The molecule has 0 bridgehead atoms. The molecule has 108 valence electrons. The molecule has 0 saturated heterocycles. The van der Waals surface area contributed by atoms with E-state index in [1.54, 1.807) is 20.8 Å². The van der Waals surface area contributed by atoms with Crippen LogP contribution in [0.3, 0.4) is 0 Å². The van der Waals surface area contributed by atoms with Crippen molar-refractivity contribution in [2.45, 2.75) is 20.8 Å². The first-order chi connectivity index (χ1) is 9.36. The summed E-state index contributed by atoms with van der Waals surface area (Å²) >= 11 is 0. The van der Waals surface area contributed by atoms with Crippen LogP contribution in [-0.4, -0.2) is 23.4 Å². The molecule has 1 aromatic carbocycles. The molecular formula is C13H16N2O5. The molecule has 20 heavy (non-hydrogen) atoms. The fraction of sp³-hybridized carbons (Fsp3) is 0.385. The van der Waals surface area contributed by atoms with Crippen LogP contribution in [0.2, 0.25) is 0 Å². The summed E-state index contributed by atoms with van der Waals surface area (Å²) in [6.07, 6.45) is 0. The van der Waals surface area contributed by atoms with Gasteiger partial charge in [-0.1, -0.05) is 13.8 Å². The van der Waals surface area contributed by atoms with Gasteiger partial charge in [-0.05, 0) is 19.1 Å². The molecule has 0 fully saturated rings. The number of amides is 1. The molecular weight excluding hydrogens is 264 g/mol. The molecule has 0 aliphatic heterocycles. The van der Waals surface area contributed by atoms with Crippen molar-refractivity contribution in [1.29, 1.82) is 0 Å². The van der Waals surface area contributed by atoms with E-state index in [2.05, 4.69) is 5.32 Å². The molecule has 0 saturated carbocycles. The van der Waals surface area contributed by atoms with Crippen molar-refractivity contribution in [3.63, 3.8) is 0 Å². The Morgan fingerprint density at radius 3 is 2.55 bits per heavy atom. The topological polar surface area (TPSA) is 98.5 Å². The van der Waals surface area contributed by atoms with Gasteiger partial charge in [-0.25, -0.2) is 4.79 Å². The highest BCUT2D eigenvalue weighted by Crippen LogP contribution is 2.26. The summed E-state index contributed by atoms with van der Waals surface area (Å²) in [6.45, 7) is 5.17. The maximum atomic E-state index is 11.6. The molecule has 0 atom stereocenters. The summed E-state index contributed by atoms with van der Waals surface area (Å²) < 4.78 is 4.77. The number of hydrogen-bond acceptors (Lipinski definition) is 5. The average molecular weight is 280 g/mol. The molecule has 7 heteroatoms. The summed E-state index contributed by atoms with van der Waals surface area (Å²) in [4.78, 5) is 33.5. The molecule has 1 aromatic rings. The zero-order valence-electron chi connectivity index (χ0n) is 11.5. The SMILES string of the molecule is CCOC(=O)c1ccc(NC(=O)C(C)C)c([N+](=O)[O-])c1. The van der Waals surface area contributed by atoms with E-state index in [1.807, 2.05) is 0 Å². The molecule has 0 aliphatic rings. The molecule has 1 amide bonds. The molecule has 1 N–H and O–H groups in total. The van der Waals surface area contributed by atoms with Crippen LogP contribution >= 0.6 is 0 Å². The van der Waals surface area contributed by atoms with Crippen molar-refractivity contribution in [1.82, 2.24) is 0 Å². The summed E-state index contributed by atoms with van der Waals surface area (Å²) in [6, 6.07) is 3.79. The van der Waals surface area contributed by atoms with E-state index in [0.29, 0.717) is 0 Å². The van der Waals surface area contributed by atoms with Gasteiger partial charge >= 0.3 is 5.97 Å². The third-order valence-electron chi connectivity index (χ3n) is 2.49. The van der Waals surface area contributed by atoms with Crippen LogP contribution in [0.15, 0.2) is 18.2 Å². The van der Waals surface area contributed by atoms with E-state index >= 15 is 0 Å². The van der Waals surface area contributed by atoms with Crippen LogP contribution < -0.4 is 5.32 Å². The molecule has 0 radical (unpaired) electrons. The normalized spacial score (nSPS) is 10.2. The Hall–Kier alpha value is -2.44. The zero-order valence-corrected chi connectivity index (χ0v) is 11.5. The van der Waals surface area contributed by atoms with Crippen LogP contribution in [0, 0.1) is 16.0 Å². The van der Waals surface area contributed by atoms with Crippen molar-refractivity contribution >= 4 is 23.3 Å². The van der Waals surface area contributed by atoms with Crippen LogP contribution in [0.1, 0.15) is 31.1 Å². The molecule has 0 unspecified atom stereocenters. The predicted octanol–water partition coefficient (Wildman–Crippen LogP) is 2.37. The highest BCUT2D eigenvalue weighted by atomic mass is 16.6. The first kappa shape index (κ1) is 15.6. The number of ether oxygens (including phenoxy) is 1. The number of carbonyl (C=O) groups is 2. The Morgan fingerprint density at radius 1 is 1.40 bits per heavy atom. The number of rotatable bonds is 5. The number of nitrogens with one attached hydrogen (secondary N) is 1. The lowest BCUT2D eigenvalue weighted by atomic mass is 10.1. The quantitative estimate of drug-likeness (QED) is 0.507. The largest absolute Gasteiger partial charge is 0.462 e. The Labute approximate surface area is 116 Å². The van der Waals surface area contributed by atoms with E-state index in [9.17, 15) is 19.7 Å². The fourth-order valence-electron chi connectivity index (χ4n) is 1.41. The molecule has 0 aliphatic carbocycles. The number of benzene rings is 1. The van der Waals surface area contributed by atoms with Gasteiger partial charge in [0.1, 0.15) is 5.69 Å². The third-order valence-corrected chi connectivity index (χ3v) is 2.49. The van der Waals surface area contributed by atoms with E-state index < -0.39 is 10.9 Å². The maximum absolute atomic E-state index is 11.6. The number of anilines is 1. The summed E-state index contributed by atoms with van der Waals surface area (Å²) in [5, 5.41) is 13.5. The second-order valence-corrected chi connectivity index (χ2v) is 4.35. The standard InChI is InChI=1S/C13H16N2O5/c1-4-20-13(17)9-5-6-10(11(7-9)15(18)19)14-12(16)8(2)3/h5-8H,4H2,1-3H3,(H,14,16). The van der Waals surface area contributed by atoms with Crippen molar-refractivity contribution in [2.75, 3.05) is 11.9 Å². The first-order valence-electron chi connectivity index (χ1n) is 6.13. The summed E-state index contributed by atoms with van der Waals surface area (Å²) in [7, 11) is 0. The Kier molecular flexibility index (Phi) is 5.19. The highest BCUT2D eigenvalue weighted by molar-refractivity contribution is 5.96. The van der Waals surface area contributed by atoms with Gasteiger partial charge in [-0.2, -0.15) is 0 Å². The first-order valence-corrected chi connectivity index (χ1v) is 6.13. The Bertz CT molecular complexity index is 540. The van der Waals surface area contributed by atoms with Crippen LogP contribution in [0.5, 0.6) is 0 Å². The lowest BCUT2D eigenvalue weighted by Crippen LogP contribution is -2.18. The summed E-state index contributed by atoms with van der Waals surface area (Å²) in [5.41, 5.74) is -0.215. The van der Waals surface area contributed by atoms with Gasteiger partial charge in [0, 0.05) is 12.0 Å². The number of nitro groups is 1. The average Bonchev–Trinajstić information content (AvgIpc) is 2.38. The second kappa shape index (κ2) is 6.65. The van der Waals surface area contributed by atoms with Gasteiger partial charge in [0.25, 0.3) is 5.69 Å². The van der Waals surface area contributed by atoms with Crippen molar-refractivity contribution in [2.24, 2.45) is 5.92 Å². The van der Waals surface area contributed by atoms with Crippen molar-refractivity contribution in [3.8, 4) is 0 Å². The van der Waals surface area contributed by atoms with Crippen molar-refractivity contribution in [3.05, 3.63) is 33.9 Å². The van der Waals surface area contributed by atoms with E-state index in [4.69, 9.17) is 4.74 Å². The molecule has 1 rings (SSSR count). The van der Waals surface area contributed by atoms with Gasteiger partial charge in [-0.15, -0.1) is 0 Å². The maximum Gasteiger partial charge on any atom is 0.338 e. The van der Waals surface area contributed by atoms with Crippen LogP contribution in [0.25, 0.3) is 0 Å². The highest BCUT2D eigenvalue weighted by Gasteiger charge is 2.20. The van der Waals surface area contributed by atoms with E-state index in [0.717, 1.165) is 6.07 Å². The monoisotopic (exact) mass is 280 g/mol. The van der Waals surface area contributed by atoms with E-state index in [1.165, 1.54) is 12.1 Å². The van der Waals surface area contributed by atoms with Gasteiger partial charge < -0.3 is 10.1 Å². The van der Waals surface area contributed by atoms with E-state index in [-0.39, 0.29) is 35.4 Å². The molecule has 7 nitrogen and oxygen atoms in total. The number of nitro benzene ring substituents is 1. The number of esters is 1. The fourth-order valence-corrected chi connectivity index (χ4v) is 1.41. The number of nitrogens with zero attached hydrogens (tertiary/aromatic N) is 1. The van der Waals surface area contributed by atoms with Gasteiger partial charge in [-0.3, -0.25) is 14.9 Å². The van der Waals surface area contributed by atoms with Crippen LogP contribution in [0.4, 0.5) is 11.4 Å². The zero-order chi connectivity index (χ0) is 15.3. The van der Waals surface area contributed by atoms with Crippen molar-refractivity contribution < 1.29 is 19.2 Å². The predicted molar refractivity (Wildman–Crippen MR) is 72.5 cm³/mol. The second-order valence-electron chi connectivity index (χ2n) is 4.35. The minimum atomic E-state index is -0.654. The Balaban J connectivity index is 3.11. The number of carbonyl (C=O) groups excluding carboxylic acids is 2. The molecule has 0 heterocycles. The minimum Gasteiger partial charge on any atom is -0.462 e. The Morgan fingerprint density at radius 2 is 2.05 bits per heavy atom. The van der Waals surface area contributed by atoms with Crippen LogP contribution in [-0.2, 0) is 9.53 Å². The lowest BCUT2D eigenvalue weighted by molar-refractivity contribution is -0.384. The smallest absolute Gasteiger partial charge is 0.338 e. The van der Waals surface area contributed by atoms with Gasteiger partial charge in [0.05, 0.1) is 17.1 Å². The third kappa shape index (κ3) is 3.78.